The molecular formula is C14H25NO2. The van der Waals surface area contributed by atoms with Crippen molar-refractivity contribution in [3.63, 3.8) is 0 Å². The molecule has 98 valence electrons. The molecule has 1 atom stereocenters. The zero-order chi connectivity index (χ0) is 12.3. The third-order valence-corrected chi connectivity index (χ3v) is 3.78. The van der Waals surface area contributed by atoms with Crippen molar-refractivity contribution < 1.29 is 9.53 Å². The number of nitrogens with zero attached hydrogens (tertiary/aromatic N) is 1. The average molecular weight is 239 g/mol. The molecule has 2 fully saturated rings. The Morgan fingerprint density at radius 1 is 1.41 bits per heavy atom. The maximum atomic E-state index is 11.8. The number of ether oxygens (including phenoxy) is 1. The molecule has 1 unspecified atom stereocenters. The van der Waals surface area contributed by atoms with Crippen LogP contribution in [0.25, 0.3) is 0 Å². The molecule has 2 rings (SSSR count). The fraction of sp³-hybridized carbons (Fsp3) is 0.929. The van der Waals surface area contributed by atoms with Gasteiger partial charge < -0.3 is 4.74 Å². The summed E-state index contributed by atoms with van der Waals surface area (Å²) in [6, 6.07) is 0.753. The first-order valence-corrected chi connectivity index (χ1v) is 7.01. The largest absolute Gasteiger partial charge is 0.380 e. The minimum Gasteiger partial charge on any atom is -0.380 e. The van der Waals surface area contributed by atoms with Crippen LogP contribution < -0.4 is 0 Å². The minimum absolute atomic E-state index is 0.136. The van der Waals surface area contributed by atoms with E-state index in [1.165, 1.54) is 19.3 Å². The van der Waals surface area contributed by atoms with Crippen molar-refractivity contribution in [2.45, 2.75) is 45.6 Å². The van der Waals surface area contributed by atoms with E-state index in [9.17, 15) is 4.79 Å². The van der Waals surface area contributed by atoms with Crippen molar-refractivity contribution in [2.75, 3.05) is 26.3 Å². The number of hydrogen-bond acceptors (Lipinski definition) is 3. The highest BCUT2D eigenvalue weighted by atomic mass is 16.5. The van der Waals surface area contributed by atoms with Gasteiger partial charge in [-0.3, -0.25) is 9.69 Å². The van der Waals surface area contributed by atoms with Crippen LogP contribution in [-0.2, 0) is 9.53 Å². The predicted molar refractivity (Wildman–Crippen MR) is 68.0 cm³/mol. The molecule has 0 radical (unpaired) electrons. The number of rotatable bonds is 6. The van der Waals surface area contributed by atoms with Gasteiger partial charge in [0.1, 0.15) is 5.78 Å². The highest BCUT2D eigenvalue weighted by molar-refractivity contribution is 5.82. The average Bonchev–Trinajstić information content (AvgIpc) is 3.10. The number of hydrogen-bond donors (Lipinski definition) is 0. The molecule has 0 aromatic carbocycles. The molecule has 0 amide bonds. The molecule has 3 nitrogen and oxygen atoms in total. The van der Waals surface area contributed by atoms with Crippen LogP contribution in [0.5, 0.6) is 0 Å². The van der Waals surface area contributed by atoms with Gasteiger partial charge in [-0.05, 0) is 31.7 Å². The molecule has 1 saturated carbocycles. The van der Waals surface area contributed by atoms with E-state index in [4.69, 9.17) is 4.74 Å². The fourth-order valence-electron chi connectivity index (χ4n) is 2.42. The summed E-state index contributed by atoms with van der Waals surface area (Å²) in [6.45, 7) is 7.87. The van der Waals surface area contributed by atoms with Crippen LogP contribution in [0.15, 0.2) is 0 Å². The molecule has 0 N–H and O–H groups in total. The van der Waals surface area contributed by atoms with E-state index in [-0.39, 0.29) is 5.92 Å². The van der Waals surface area contributed by atoms with Crippen molar-refractivity contribution in [1.29, 1.82) is 0 Å². The van der Waals surface area contributed by atoms with Gasteiger partial charge in [0.15, 0.2) is 0 Å². The standard InChI is InChI=1S/C14H25NO2/c1-11(2)5-7-15(13-3-4-13)9-12-10-17-8-6-14(12)16/h11-13H,3-10H2,1-2H3. The number of Topliss-reactive ketones (excluding diaryl/α,β-unsaturated/α-hetero) is 1. The lowest BCUT2D eigenvalue weighted by Crippen LogP contribution is -2.40. The Bertz CT molecular complexity index is 261. The van der Waals surface area contributed by atoms with Crippen LogP contribution in [0.2, 0.25) is 0 Å². The smallest absolute Gasteiger partial charge is 0.141 e. The molecule has 1 heterocycles. The molecule has 0 bridgehead atoms. The Morgan fingerprint density at radius 2 is 2.18 bits per heavy atom. The van der Waals surface area contributed by atoms with E-state index < -0.39 is 0 Å². The van der Waals surface area contributed by atoms with Crippen LogP contribution in [-0.4, -0.2) is 43.0 Å². The quantitative estimate of drug-likeness (QED) is 0.711. The van der Waals surface area contributed by atoms with Crippen LogP contribution in [0.4, 0.5) is 0 Å². The molecule has 0 aromatic rings. The van der Waals surface area contributed by atoms with E-state index in [2.05, 4.69) is 18.7 Å². The Morgan fingerprint density at radius 3 is 2.76 bits per heavy atom. The van der Waals surface area contributed by atoms with Gasteiger partial charge in [0.05, 0.1) is 19.1 Å². The minimum atomic E-state index is 0.136. The summed E-state index contributed by atoms with van der Waals surface area (Å²) < 4.78 is 5.43. The Balaban J connectivity index is 1.81. The van der Waals surface area contributed by atoms with Gasteiger partial charge >= 0.3 is 0 Å². The van der Waals surface area contributed by atoms with Gasteiger partial charge in [0, 0.05) is 19.0 Å². The van der Waals surface area contributed by atoms with E-state index in [0.717, 1.165) is 25.0 Å². The second-order valence-corrected chi connectivity index (χ2v) is 5.90. The normalized spacial score (nSPS) is 25.9. The first-order valence-electron chi connectivity index (χ1n) is 7.01. The second-order valence-electron chi connectivity index (χ2n) is 5.90. The fourth-order valence-corrected chi connectivity index (χ4v) is 2.42. The Kier molecular flexibility index (Phi) is 4.57. The molecule has 3 heteroatoms. The molecule has 0 spiro atoms. The van der Waals surface area contributed by atoms with Gasteiger partial charge in [-0.15, -0.1) is 0 Å². The summed E-state index contributed by atoms with van der Waals surface area (Å²) in [4.78, 5) is 14.3. The lowest BCUT2D eigenvalue weighted by molar-refractivity contribution is -0.131. The number of carbonyl (C=O) groups excluding carboxylic acids is 1. The summed E-state index contributed by atoms with van der Waals surface area (Å²) >= 11 is 0. The molecular weight excluding hydrogens is 214 g/mol. The van der Waals surface area contributed by atoms with Crippen molar-refractivity contribution in [1.82, 2.24) is 4.90 Å². The van der Waals surface area contributed by atoms with E-state index in [1.807, 2.05) is 0 Å². The van der Waals surface area contributed by atoms with Gasteiger partial charge in [0.25, 0.3) is 0 Å². The maximum absolute atomic E-state index is 11.8. The molecule has 17 heavy (non-hydrogen) atoms. The molecule has 0 aromatic heterocycles. The lowest BCUT2D eigenvalue weighted by atomic mass is 9.99. The van der Waals surface area contributed by atoms with E-state index in [1.54, 1.807) is 0 Å². The summed E-state index contributed by atoms with van der Waals surface area (Å²) in [5, 5.41) is 0. The monoisotopic (exact) mass is 239 g/mol. The molecule has 1 aliphatic heterocycles. The number of ketones is 1. The third-order valence-electron chi connectivity index (χ3n) is 3.78. The van der Waals surface area contributed by atoms with Crippen molar-refractivity contribution in [3.8, 4) is 0 Å². The summed E-state index contributed by atoms with van der Waals surface area (Å²) in [5.74, 6) is 1.29. The summed E-state index contributed by atoms with van der Waals surface area (Å²) in [5.41, 5.74) is 0. The van der Waals surface area contributed by atoms with Crippen LogP contribution in [0.1, 0.15) is 39.5 Å². The first-order chi connectivity index (χ1) is 8.16. The van der Waals surface area contributed by atoms with Crippen molar-refractivity contribution >= 4 is 5.78 Å². The predicted octanol–water partition coefficient (Wildman–Crippen LogP) is 2.10. The van der Waals surface area contributed by atoms with Gasteiger partial charge in [-0.25, -0.2) is 0 Å². The molecule has 2 aliphatic rings. The highest BCUT2D eigenvalue weighted by Crippen LogP contribution is 2.28. The van der Waals surface area contributed by atoms with Gasteiger partial charge in [-0.1, -0.05) is 13.8 Å². The van der Waals surface area contributed by atoms with Gasteiger partial charge in [-0.2, -0.15) is 0 Å². The summed E-state index contributed by atoms with van der Waals surface area (Å²) in [6.07, 6.45) is 4.49. The maximum Gasteiger partial charge on any atom is 0.141 e. The third kappa shape index (κ3) is 4.07. The lowest BCUT2D eigenvalue weighted by Gasteiger charge is -2.29. The second kappa shape index (κ2) is 5.96. The Labute approximate surface area is 105 Å². The molecule has 1 saturated heterocycles. The van der Waals surface area contributed by atoms with Crippen molar-refractivity contribution in [3.05, 3.63) is 0 Å². The number of carbonyl (C=O) groups is 1. The topological polar surface area (TPSA) is 29.5 Å². The van der Waals surface area contributed by atoms with E-state index in [0.29, 0.717) is 25.4 Å². The SMILES string of the molecule is CC(C)CCN(CC1COCCC1=O)C1CC1. The van der Waals surface area contributed by atoms with Gasteiger partial charge in [0.2, 0.25) is 0 Å². The van der Waals surface area contributed by atoms with Crippen molar-refractivity contribution in [2.24, 2.45) is 11.8 Å². The van der Waals surface area contributed by atoms with E-state index >= 15 is 0 Å². The zero-order valence-corrected chi connectivity index (χ0v) is 11.2. The van der Waals surface area contributed by atoms with Crippen LogP contribution in [0.3, 0.4) is 0 Å². The zero-order valence-electron chi connectivity index (χ0n) is 11.2. The molecule has 1 aliphatic carbocycles. The Hall–Kier alpha value is -0.410. The summed E-state index contributed by atoms with van der Waals surface area (Å²) in [7, 11) is 0. The first kappa shape index (κ1) is 13.0. The highest BCUT2D eigenvalue weighted by Gasteiger charge is 2.33. The van der Waals surface area contributed by atoms with Crippen LogP contribution >= 0.6 is 0 Å². The van der Waals surface area contributed by atoms with Crippen LogP contribution in [0, 0.1) is 11.8 Å².